The third-order valence-electron chi connectivity index (χ3n) is 2.46. The second kappa shape index (κ2) is 4.08. The van der Waals surface area contributed by atoms with Gasteiger partial charge in [0.2, 0.25) is 0 Å². The zero-order valence-electron chi connectivity index (χ0n) is 8.93. The van der Waals surface area contributed by atoms with Gasteiger partial charge in [-0.05, 0) is 6.92 Å². The lowest BCUT2D eigenvalue weighted by molar-refractivity contribution is -0.185. The highest BCUT2D eigenvalue weighted by molar-refractivity contribution is 5.41. The molecule has 0 unspecified atom stereocenters. The Morgan fingerprint density at radius 3 is 2.94 bits per heavy atom. The Morgan fingerprint density at radius 1 is 1.69 bits per heavy atom. The Balaban J connectivity index is 2.40. The monoisotopic (exact) mass is 220 g/mol. The van der Waals surface area contributed by atoms with Gasteiger partial charge in [0.1, 0.15) is 23.1 Å². The van der Waals surface area contributed by atoms with Crippen LogP contribution in [0.15, 0.2) is 12.3 Å². The number of ether oxygens (including phenoxy) is 2. The van der Waals surface area contributed by atoms with Crippen molar-refractivity contribution in [3.05, 3.63) is 23.5 Å². The molecular weight excluding hydrogens is 208 g/mol. The van der Waals surface area contributed by atoms with Crippen molar-refractivity contribution in [3.8, 4) is 11.8 Å². The topological polar surface area (TPSA) is 75.4 Å². The van der Waals surface area contributed by atoms with Crippen LogP contribution in [-0.4, -0.2) is 29.9 Å². The van der Waals surface area contributed by atoms with Crippen molar-refractivity contribution in [3.63, 3.8) is 0 Å². The fraction of sp³-hybridized carbons (Fsp3) is 0.455. The van der Waals surface area contributed by atoms with Crippen LogP contribution in [0, 0.1) is 11.3 Å². The van der Waals surface area contributed by atoms with Crippen molar-refractivity contribution in [1.29, 1.82) is 5.26 Å². The molecule has 1 fully saturated rings. The molecule has 1 aromatic rings. The average Bonchev–Trinajstić information content (AvgIpc) is 2.26. The molecule has 1 N–H and O–H groups in total. The lowest BCUT2D eigenvalue weighted by Crippen LogP contribution is -2.46. The van der Waals surface area contributed by atoms with Crippen molar-refractivity contribution in [2.75, 3.05) is 19.8 Å². The van der Waals surface area contributed by atoms with E-state index < -0.39 is 5.60 Å². The number of pyridine rings is 1. The Morgan fingerprint density at radius 2 is 2.44 bits per heavy atom. The molecule has 0 saturated carbocycles. The van der Waals surface area contributed by atoms with Gasteiger partial charge in [-0.15, -0.1) is 0 Å². The third kappa shape index (κ3) is 1.73. The van der Waals surface area contributed by atoms with Gasteiger partial charge in [-0.25, -0.2) is 4.98 Å². The van der Waals surface area contributed by atoms with E-state index in [-0.39, 0.29) is 18.9 Å². The summed E-state index contributed by atoms with van der Waals surface area (Å²) >= 11 is 0. The first-order valence-electron chi connectivity index (χ1n) is 5.03. The molecule has 0 atom stereocenters. The van der Waals surface area contributed by atoms with Crippen LogP contribution in [0.3, 0.4) is 0 Å². The lowest BCUT2D eigenvalue weighted by atomic mass is 9.92. The van der Waals surface area contributed by atoms with E-state index in [1.807, 2.05) is 13.0 Å². The molecule has 84 valence electrons. The molecule has 0 spiro atoms. The van der Waals surface area contributed by atoms with Gasteiger partial charge in [0.15, 0.2) is 0 Å². The first-order chi connectivity index (χ1) is 7.69. The van der Waals surface area contributed by atoms with E-state index in [2.05, 4.69) is 4.98 Å². The molecule has 0 bridgehead atoms. The normalized spacial score (nSPS) is 17.3. The lowest BCUT2D eigenvalue weighted by Gasteiger charge is -2.37. The fourth-order valence-electron chi connectivity index (χ4n) is 1.57. The molecule has 5 nitrogen and oxygen atoms in total. The fourth-order valence-corrected chi connectivity index (χ4v) is 1.57. The maximum Gasteiger partial charge on any atom is 0.144 e. The average molecular weight is 220 g/mol. The number of rotatable bonds is 3. The van der Waals surface area contributed by atoms with Gasteiger partial charge < -0.3 is 14.6 Å². The molecular formula is C11H12N2O3. The molecule has 0 amide bonds. The quantitative estimate of drug-likeness (QED) is 0.806. The maximum absolute atomic E-state index is 10.1. The van der Waals surface area contributed by atoms with E-state index in [4.69, 9.17) is 14.7 Å². The molecule has 2 heterocycles. The first kappa shape index (κ1) is 10.9. The van der Waals surface area contributed by atoms with Gasteiger partial charge in [-0.1, -0.05) is 0 Å². The molecule has 1 saturated heterocycles. The van der Waals surface area contributed by atoms with Crippen LogP contribution >= 0.6 is 0 Å². The summed E-state index contributed by atoms with van der Waals surface area (Å²) in [6.45, 7) is 2.79. The van der Waals surface area contributed by atoms with E-state index in [0.717, 1.165) is 0 Å². The highest BCUT2D eigenvalue weighted by Gasteiger charge is 2.40. The van der Waals surface area contributed by atoms with Crippen molar-refractivity contribution in [1.82, 2.24) is 4.98 Å². The molecule has 1 aromatic heterocycles. The molecule has 0 aromatic carbocycles. The van der Waals surface area contributed by atoms with E-state index in [9.17, 15) is 5.11 Å². The van der Waals surface area contributed by atoms with Crippen LogP contribution in [-0.2, 0) is 10.3 Å². The van der Waals surface area contributed by atoms with Gasteiger partial charge in [0.25, 0.3) is 0 Å². The molecule has 1 aliphatic rings. The zero-order chi connectivity index (χ0) is 11.6. The van der Waals surface area contributed by atoms with Gasteiger partial charge in [-0.2, -0.15) is 5.26 Å². The summed E-state index contributed by atoms with van der Waals surface area (Å²) in [5, 5.41) is 18.9. The molecule has 0 radical (unpaired) electrons. The summed E-state index contributed by atoms with van der Waals surface area (Å²) in [4.78, 5) is 3.93. The van der Waals surface area contributed by atoms with Gasteiger partial charge in [0.05, 0.1) is 19.8 Å². The van der Waals surface area contributed by atoms with Crippen molar-refractivity contribution < 1.29 is 14.6 Å². The number of aromatic nitrogens is 1. The summed E-state index contributed by atoms with van der Waals surface area (Å²) in [6.07, 6.45) is 1.48. The molecule has 16 heavy (non-hydrogen) atoms. The SMILES string of the molecule is CCOc1cc(C#N)ncc1C1(O)COC1. The number of nitrogens with zero attached hydrogens (tertiary/aromatic N) is 2. The van der Waals surface area contributed by atoms with Crippen LogP contribution in [0.5, 0.6) is 5.75 Å². The van der Waals surface area contributed by atoms with Crippen LogP contribution in [0.1, 0.15) is 18.2 Å². The van der Waals surface area contributed by atoms with E-state index >= 15 is 0 Å². The van der Waals surface area contributed by atoms with E-state index in [0.29, 0.717) is 17.9 Å². The van der Waals surface area contributed by atoms with Crippen LogP contribution < -0.4 is 4.74 Å². The van der Waals surface area contributed by atoms with Crippen LogP contribution in [0.4, 0.5) is 0 Å². The maximum atomic E-state index is 10.1. The first-order valence-corrected chi connectivity index (χ1v) is 5.03. The van der Waals surface area contributed by atoms with Crippen molar-refractivity contribution in [2.45, 2.75) is 12.5 Å². The Kier molecular flexibility index (Phi) is 2.77. The van der Waals surface area contributed by atoms with Gasteiger partial charge in [0, 0.05) is 17.8 Å². The van der Waals surface area contributed by atoms with E-state index in [1.165, 1.54) is 12.3 Å². The number of hydrogen-bond donors (Lipinski definition) is 1. The Bertz CT molecular complexity index is 435. The smallest absolute Gasteiger partial charge is 0.144 e. The summed E-state index contributed by atoms with van der Waals surface area (Å²) in [5.41, 5.74) is -0.165. The Labute approximate surface area is 93.2 Å². The summed E-state index contributed by atoms with van der Waals surface area (Å²) in [5.74, 6) is 0.500. The highest BCUT2D eigenvalue weighted by atomic mass is 16.5. The second-order valence-corrected chi connectivity index (χ2v) is 3.63. The minimum Gasteiger partial charge on any atom is -0.493 e. The zero-order valence-corrected chi connectivity index (χ0v) is 8.93. The van der Waals surface area contributed by atoms with Crippen molar-refractivity contribution >= 4 is 0 Å². The molecule has 1 aliphatic heterocycles. The predicted molar refractivity (Wildman–Crippen MR) is 54.8 cm³/mol. The largest absolute Gasteiger partial charge is 0.493 e. The second-order valence-electron chi connectivity index (χ2n) is 3.63. The molecule has 0 aliphatic carbocycles. The van der Waals surface area contributed by atoms with Gasteiger partial charge in [-0.3, -0.25) is 0 Å². The molecule has 5 heteroatoms. The predicted octanol–water partition coefficient (Wildman–Crippen LogP) is 0.570. The number of aliphatic hydroxyl groups is 1. The van der Waals surface area contributed by atoms with Crippen LogP contribution in [0.2, 0.25) is 0 Å². The number of hydrogen-bond acceptors (Lipinski definition) is 5. The highest BCUT2D eigenvalue weighted by Crippen LogP contribution is 2.35. The Hall–Kier alpha value is -1.64. The van der Waals surface area contributed by atoms with Gasteiger partial charge >= 0.3 is 0 Å². The molecule has 2 rings (SSSR count). The van der Waals surface area contributed by atoms with E-state index in [1.54, 1.807) is 0 Å². The van der Waals surface area contributed by atoms with Crippen molar-refractivity contribution in [2.24, 2.45) is 0 Å². The van der Waals surface area contributed by atoms with Crippen LogP contribution in [0.25, 0.3) is 0 Å². The minimum absolute atomic E-state index is 0.237. The summed E-state index contributed by atoms with van der Waals surface area (Å²) < 4.78 is 10.4. The standard InChI is InChI=1S/C11H12N2O3/c1-2-16-10-3-8(4-12)13-5-9(10)11(14)6-15-7-11/h3,5,14H,2,6-7H2,1H3. The summed E-state index contributed by atoms with van der Waals surface area (Å²) in [6, 6.07) is 3.47. The third-order valence-corrected chi connectivity index (χ3v) is 2.46. The summed E-state index contributed by atoms with van der Waals surface area (Å²) in [7, 11) is 0. The number of nitriles is 1. The minimum atomic E-state index is -1.02.